The second-order valence-electron chi connectivity index (χ2n) is 4.24. The van der Waals surface area contributed by atoms with Crippen molar-refractivity contribution < 1.29 is 4.74 Å². The molecule has 0 saturated heterocycles. The molecule has 0 saturated carbocycles. The number of anilines is 1. The summed E-state index contributed by atoms with van der Waals surface area (Å²) < 4.78 is 6.92. The largest absolute Gasteiger partial charge is 0.378 e. The summed E-state index contributed by atoms with van der Waals surface area (Å²) in [5.41, 5.74) is 1.56. The number of ether oxygens (including phenoxy) is 1. The molecule has 4 nitrogen and oxygen atoms in total. The molecular formula is C14H14Br2ClN3O. The lowest BCUT2D eigenvalue weighted by Crippen LogP contribution is -2.07. The molecule has 0 fully saturated rings. The van der Waals surface area contributed by atoms with Crippen LogP contribution in [0.25, 0.3) is 11.4 Å². The lowest BCUT2D eigenvalue weighted by Gasteiger charge is -2.12. The van der Waals surface area contributed by atoms with Crippen LogP contribution in [0.5, 0.6) is 0 Å². The molecular weight excluding hydrogens is 421 g/mol. The Bertz CT molecular complexity index is 625. The number of nitrogens with zero attached hydrogens (tertiary/aromatic N) is 2. The predicted octanol–water partition coefficient (Wildman–Crippen LogP) is 4.90. The molecule has 0 amide bonds. The van der Waals surface area contributed by atoms with Gasteiger partial charge in [-0.05, 0) is 41.1 Å². The van der Waals surface area contributed by atoms with E-state index in [9.17, 15) is 0 Å². The van der Waals surface area contributed by atoms with Crippen LogP contribution in [0.2, 0.25) is 5.02 Å². The van der Waals surface area contributed by atoms with Gasteiger partial charge in [-0.1, -0.05) is 27.5 Å². The van der Waals surface area contributed by atoms with Gasteiger partial charge in [-0.2, -0.15) is 0 Å². The summed E-state index contributed by atoms with van der Waals surface area (Å²) in [6.07, 6.45) is 0. The Labute approximate surface area is 145 Å². The van der Waals surface area contributed by atoms with Gasteiger partial charge in [0.25, 0.3) is 0 Å². The molecule has 2 rings (SSSR count). The van der Waals surface area contributed by atoms with Crippen LogP contribution in [0.4, 0.5) is 5.82 Å². The van der Waals surface area contributed by atoms with E-state index in [2.05, 4.69) is 47.1 Å². The van der Waals surface area contributed by atoms with Crippen molar-refractivity contribution in [3.63, 3.8) is 0 Å². The summed E-state index contributed by atoms with van der Waals surface area (Å²) in [7, 11) is 1.63. The average molecular weight is 436 g/mol. The van der Waals surface area contributed by atoms with E-state index in [1.54, 1.807) is 7.11 Å². The second-order valence-corrected chi connectivity index (χ2v) is 6.36. The minimum atomic E-state index is 0.392. The summed E-state index contributed by atoms with van der Waals surface area (Å²) in [5.74, 6) is 1.30. The summed E-state index contributed by atoms with van der Waals surface area (Å²) in [6, 6.07) is 5.63. The van der Waals surface area contributed by atoms with Crippen molar-refractivity contribution in [3.8, 4) is 11.4 Å². The molecule has 0 bridgehead atoms. The third kappa shape index (κ3) is 3.94. The van der Waals surface area contributed by atoms with Crippen molar-refractivity contribution in [2.75, 3.05) is 19.0 Å². The molecule has 1 aromatic heterocycles. The Morgan fingerprint density at radius 3 is 2.67 bits per heavy atom. The first-order valence-corrected chi connectivity index (χ1v) is 8.27. The van der Waals surface area contributed by atoms with Crippen LogP contribution >= 0.6 is 43.5 Å². The van der Waals surface area contributed by atoms with E-state index in [0.29, 0.717) is 17.5 Å². The van der Waals surface area contributed by atoms with Crippen LogP contribution in [0, 0.1) is 0 Å². The lowest BCUT2D eigenvalue weighted by molar-refractivity contribution is 0.181. The monoisotopic (exact) mass is 433 g/mol. The Kier molecular flexibility index (Phi) is 5.98. The lowest BCUT2D eigenvalue weighted by atomic mass is 10.2. The number of benzene rings is 1. The molecule has 0 unspecified atom stereocenters. The van der Waals surface area contributed by atoms with Crippen molar-refractivity contribution in [2.45, 2.75) is 13.5 Å². The number of methoxy groups -OCH3 is 1. The van der Waals surface area contributed by atoms with E-state index in [4.69, 9.17) is 16.3 Å². The number of hydrogen-bond acceptors (Lipinski definition) is 4. The van der Waals surface area contributed by atoms with Gasteiger partial charge in [-0.3, -0.25) is 0 Å². The molecule has 0 atom stereocenters. The molecule has 7 heteroatoms. The van der Waals surface area contributed by atoms with Crippen molar-refractivity contribution in [1.82, 2.24) is 9.97 Å². The van der Waals surface area contributed by atoms with Gasteiger partial charge in [-0.25, -0.2) is 9.97 Å². The number of nitrogens with one attached hydrogen (secondary N) is 1. The van der Waals surface area contributed by atoms with Crippen LogP contribution in [0.15, 0.2) is 27.1 Å². The topological polar surface area (TPSA) is 47.0 Å². The van der Waals surface area contributed by atoms with E-state index < -0.39 is 0 Å². The van der Waals surface area contributed by atoms with Crippen molar-refractivity contribution in [1.29, 1.82) is 0 Å². The molecule has 21 heavy (non-hydrogen) atoms. The fraction of sp³-hybridized carbons (Fsp3) is 0.286. The summed E-state index contributed by atoms with van der Waals surface area (Å²) in [6.45, 7) is 3.16. The minimum Gasteiger partial charge on any atom is -0.378 e. The quantitative estimate of drug-likeness (QED) is 0.726. The molecule has 1 heterocycles. The van der Waals surface area contributed by atoms with Gasteiger partial charge in [0.2, 0.25) is 0 Å². The first-order valence-electron chi connectivity index (χ1n) is 6.31. The number of halogens is 3. The number of hydrogen-bond donors (Lipinski definition) is 1. The molecule has 1 N–H and O–H groups in total. The fourth-order valence-corrected chi connectivity index (χ4v) is 2.99. The van der Waals surface area contributed by atoms with Gasteiger partial charge in [0.05, 0.1) is 21.8 Å². The smallest absolute Gasteiger partial charge is 0.163 e. The van der Waals surface area contributed by atoms with Crippen LogP contribution in [-0.4, -0.2) is 23.6 Å². The number of rotatable bonds is 5. The van der Waals surface area contributed by atoms with Crippen LogP contribution in [0.3, 0.4) is 0 Å². The van der Waals surface area contributed by atoms with E-state index in [0.717, 1.165) is 32.6 Å². The summed E-state index contributed by atoms with van der Waals surface area (Å²) >= 11 is 13.2. The SMILES string of the molecule is CCNc1nc(-c2ccc(Br)cc2Cl)nc(COC)c1Br. The maximum absolute atomic E-state index is 6.29. The zero-order chi connectivity index (χ0) is 15.4. The summed E-state index contributed by atoms with van der Waals surface area (Å²) in [5, 5.41) is 3.80. The Morgan fingerprint density at radius 1 is 1.29 bits per heavy atom. The third-order valence-corrected chi connectivity index (χ3v) is 4.36. The molecule has 0 aliphatic rings. The highest BCUT2D eigenvalue weighted by Gasteiger charge is 2.15. The van der Waals surface area contributed by atoms with E-state index in [1.165, 1.54) is 0 Å². The van der Waals surface area contributed by atoms with Gasteiger partial charge in [-0.15, -0.1) is 0 Å². The Morgan fingerprint density at radius 2 is 2.05 bits per heavy atom. The van der Waals surface area contributed by atoms with Crippen LogP contribution < -0.4 is 5.32 Å². The molecule has 1 aromatic carbocycles. The minimum absolute atomic E-state index is 0.392. The van der Waals surface area contributed by atoms with Crippen molar-refractivity contribution in [2.24, 2.45) is 0 Å². The van der Waals surface area contributed by atoms with Crippen LogP contribution in [-0.2, 0) is 11.3 Å². The highest BCUT2D eigenvalue weighted by molar-refractivity contribution is 9.11. The van der Waals surface area contributed by atoms with E-state index in [-0.39, 0.29) is 0 Å². The van der Waals surface area contributed by atoms with E-state index >= 15 is 0 Å². The third-order valence-electron chi connectivity index (χ3n) is 2.72. The maximum Gasteiger partial charge on any atom is 0.163 e. The van der Waals surface area contributed by atoms with Gasteiger partial charge < -0.3 is 10.1 Å². The maximum atomic E-state index is 6.29. The normalized spacial score (nSPS) is 10.7. The van der Waals surface area contributed by atoms with Gasteiger partial charge in [0.1, 0.15) is 5.82 Å². The fourth-order valence-electron chi connectivity index (χ4n) is 1.80. The highest BCUT2D eigenvalue weighted by Crippen LogP contribution is 2.32. The van der Waals surface area contributed by atoms with Crippen molar-refractivity contribution >= 4 is 49.3 Å². The molecule has 112 valence electrons. The Hall–Kier alpha value is -0.690. The van der Waals surface area contributed by atoms with Gasteiger partial charge >= 0.3 is 0 Å². The van der Waals surface area contributed by atoms with Gasteiger partial charge in [0.15, 0.2) is 5.82 Å². The highest BCUT2D eigenvalue weighted by atomic mass is 79.9. The molecule has 2 aromatic rings. The standard InChI is InChI=1S/C14H14Br2ClN3O/c1-3-18-14-12(16)11(7-21-2)19-13(20-14)9-5-4-8(15)6-10(9)17/h4-6H,3,7H2,1-2H3,(H,18,19,20). The molecule has 0 aliphatic heterocycles. The van der Waals surface area contributed by atoms with Crippen LogP contribution in [0.1, 0.15) is 12.6 Å². The molecule has 0 radical (unpaired) electrons. The zero-order valence-corrected chi connectivity index (χ0v) is 15.5. The average Bonchev–Trinajstić information content (AvgIpc) is 2.43. The first kappa shape index (κ1) is 16.7. The predicted molar refractivity (Wildman–Crippen MR) is 92.8 cm³/mol. The second kappa shape index (κ2) is 7.54. The molecule has 0 spiro atoms. The summed E-state index contributed by atoms with van der Waals surface area (Å²) in [4.78, 5) is 9.08. The van der Waals surface area contributed by atoms with Crippen molar-refractivity contribution in [3.05, 3.63) is 37.9 Å². The van der Waals surface area contributed by atoms with E-state index in [1.807, 2.05) is 25.1 Å². The van der Waals surface area contributed by atoms with Gasteiger partial charge in [0, 0.05) is 23.7 Å². The zero-order valence-electron chi connectivity index (χ0n) is 11.6. The Balaban J connectivity index is 2.56. The first-order chi connectivity index (χ1) is 10.1. The number of aromatic nitrogens is 2. The molecule has 0 aliphatic carbocycles.